The minimum Gasteiger partial charge on any atom is -0.481 e. The third-order valence-electron chi connectivity index (χ3n) is 2.72. The Labute approximate surface area is 87.5 Å². The highest BCUT2D eigenvalue weighted by atomic mass is 35.5. The van der Waals surface area contributed by atoms with Gasteiger partial charge in [-0.15, -0.1) is 12.4 Å². The Morgan fingerprint density at radius 3 is 2.14 bits per heavy atom. The summed E-state index contributed by atoms with van der Waals surface area (Å²) in [5, 5.41) is 8.75. The smallest absolute Gasteiger partial charge is 0.315 e. The Hall–Kier alpha value is -0.420. The lowest BCUT2D eigenvalue weighted by Crippen LogP contribution is -2.47. The van der Waals surface area contributed by atoms with Gasteiger partial charge in [0.2, 0.25) is 0 Å². The van der Waals surface area contributed by atoms with Crippen LogP contribution in [0.2, 0.25) is 0 Å². The maximum Gasteiger partial charge on any atom is 0.315 e. The fourth-order valence-corrected chi connectivity index (χ4v) is 1.54. The van der Waals surface area contributed by atoms with Gasteiger partial charge in [0.1, 0.15) is 5.41 Å². The Morgan fingerprint density at radius 1 is 1.43 bits per heavy atom. The predicted molar refractivity (Wildman–Crippen MR) is 50.1 cm³/mol. The number of alkyl halides is 2. The molecule has 3 nitrogen and oxygen atoms in total. The molecule has 84 valence electrons. The molecular formula is C8H14ClF2NO2. The van der Waals surface area contributed by atoms with Crippen molar-refractivity contribution in [1.82, 2.24) is 4.90 Å². The van der Waals surface area contributed by atoms with E-state index in [0.717, 1.165) is 0 Å². The van der Waals surface area contributed by atoms with Gasteiger partial charge in [0.25, 0.3) is 6.43 Å². The van der Waals surface area contributed by atoms with Gasteiger partial charge < -0.3 is 10.0 Å². The average Bonchev–Trinajstić information content (AvgIpc) is 2.04. The molecule has 0 atom stereocenters. The zero-order valence-electron chi connectivity index (χ0n) is 7.87. The maximum atomic E-state index is 12.6. The maximum absolute atomic E-state index is 12.6. The van der Waals surface area contributed by atoms with Gasteiger partial charge in [-0.2, -0.15) is 0 Å². The van der Waals surface area contributed by atoms with E-state index in [1.54, 1.807) is 7.05 Å². The van der Waals surface area contributed by atoms with E-state index in [1.807, 2.05) is 4.90 Å². The van der Waals surface area contributed by atoms with Crippen LogP contribution in [0.4, 0.5) is 8.78 Å². The van der Waals surface area contributed by atoms with Gasteiger partial charge in [-0.05, 0) is 33.0 Å². The van der Waals surface area contributed by atoms with E-state index in [1.165, 1.54) is 0 Å². The molecule has 0 aromatic carbocycles. The summed E-state index contributed by atoms with van der Waals surface area (Å²) < 4.78 is 25.1. The van der Waals surface area contributed by atoms with E-state index >= 15 is 0 Å². The SMILES string of the molecule is CN1CCC(C(=O)O)(C(F)F)CC1.Cl. The number of carbonyl (C=O) groups is 1. The number of carboxylic acid groups (broad SMARTS) is 1. The number of rotatable bonds is 2. The van der Waals surface area contributed by atoms with Crippen LogP contribution in [0.25, 0.3) is 0 Å². The summed E-state index contributed by atoms with van der Waals surface area (Å²) in [7, 11) is 1.80. The Kier molecular flexibility index (Phi) is 4.74. The second-order valence-corrected chi connectivity index (χ2v) is 3.57. The van der Waals surface area contributed by atoms with E-state index < -0.39 is 17.8 Å². The van der Waals surface area contributed by atoms with Gasteiger partial charge >= 0.3 is 5.97 Å². The predicted octanol–water partition coefficient (Wildman–Crippen LogP) is 1.47. The van der Waals surface area contributed by atoms with Crippen LogP contribution in [0.15, 0.2) is 0 Å². The molecule has 0 aliphatic carbocycles. The first kappa shape index (κ1) is 13.6. The van der Waals surface area contributed by atoms with Crippen LogP contribution in [0.3, 0.4) is 0 Å². The molecule has 1 N–H and O–H groups in total. The van der Waals surface area contributed by atoms with Gasteiger partial charge in [-0.25, -0.2) is 8.78 Å². The number of halogens is 3. The largest absolute Gasteiger partial charge is 0.481 e. The molecule has 1 fully saturated rings. The van der Waals surface area contributed by atoms with Gasteiger partial charge in [0, 0.05) is 0 Å². The van der Waals surface area contributed by atoms with E-state index in [-0.39, 0.29) is 25.2 Å². The van der Waals surface area contributed by atoms with Crippen LogP contribution in [0.1, 0.15) is 12.8 Å². The van der Waals surface area contributed by atoms with E-state index in [2.05, 4.69) is 0 Å². The van der Waals surface area contributed by atoms with Gasteiger partial charge in [-0.1, -0.05) is 0 Å². The third-order valence-corrected chi connectivity index (χ3v) is 2.72. The van der Waals surface area contributed by atoms with Crippen molar-refractivity contribution in [2.24, 2.45) is 5.41 Å². The zero-order chi connectivity index (χ0) is 10.1. The standard InChI is InChI=1S/C8H13F2NO2.ClH/c1-11-4-2-8(3-5-11,6(9)10)7(12)13;/h6H,2-5H2,1H3,(H,12,13);1H. The first-order chi connectivity index (χ1) is 5.99. The molecule has 0 spiro atoms. The summed E-state index contributed by atoms with van der Waals surface area (Å²) in [6.45, 7) is 0.854. The highest BCUT2D eigenvalue weighted by molar-refractivity contribution is 5.85. The van der Waals surface area contributed by atoms with Crippen molar-refractivity contribution < 1.29 is 18.7 Å². The topological polar surface area (TPSA) is 40.5 Å². The van der Waals surface area contributed by atoms with Crippen LogP contribution < -0.4 is 0 Å². The molecular weight excluding hydrogens is 216 g/mol. The van der Waals surface area contributed by atoms with Crippen LogP contribution in [-0.4, -0.2) is 42.5 Å². The fraction of sp³-hybridized carbons (Fsp3) is 0.875. The van der Waals surface area contributed by atoms with Crippen LogP contribution in [-0.2, 0) is 4.79 Å². The summed E-state index contributed by atoms with van der Waals surface area (Å²) in [6, 6.07) is 0. The molecule has 1 rings (SSSR count). The number of piperidine rings is 1. The van der Waals surface area contributed by atoms with Gasteiger partial charge in [0.15, 0.2) is 0 Å². The molecule has 0 radical (unpaired) electrons. The Bertz CT molecular complexity index is 206. The number of likely N-dealkylation sites (tertiary alicyclic amines) is 1. The van der Waals surface area contributed by atoms with Crippen molar-refractivity contribution in [2.45, 2.75) is 19.3 Å². The second-order valence-electron chi connectivity index (χ2n) is 3.57. The second kappa shape index (κ2) is 4.89. The highest BCUT2D eigenvalue weighted by Crippen LogP contribution is 2.37. The lowest BCUT2D eigenvalue weighted by molar-refractivity contribution is -0.164. The monoisotopic (exact) mass is 229 g/mol. The minimum atomic E-state index is -2.77. The average molecular weight is 230 g/mol. The molecule has 0 amide bonds. The summed E-state index contributed by atoms with van der Waals surface area (Å²) in [4.78, 5) is 12.6. The summed E-state index contributed by atoms with van der Waals surface area (Å²) >= 11 is 0. The normalized spacial score (nSPS) is 21.7. The van der Waals surface area contributed by atoms with Crippen molar-refractivity contribution in [3.05, 3.63) is 0 Å². The molecule has 0 saturated carbocycles. The number of hydrogen-bond donors (Lipinski definition) is 1. The van der Waals surface area contributed by atoms with Crippen molar-refractivity contribution in [3.63, 3.8) is 0 Å². The number of carboxylic acids is 1. The van der Waals surface area contributed by atoms with Crippen molar-refractivity contribution in [2.75, 3.05) is 20.1 Å². The molecule has 0 aromatic heterocycles. The van der Waals surface area contributed by atoms with E-state index in [4.69, 9.17) is 5.11 Å². The molecule has 1 heterocycles. The van der Waals surface area contributed by atoms with Crippen LogP contribution in [0.5, 0.6) is 0 Å². The fourth-order valence-electron chi connectivity index (χ4n) is 1.54. The third kappa shape index (κ3) is 2.33. The number of hydrogen-bond acceptors (Lipinski definition) is 2. The first-order valence-electron chi connectivity index (χ1n) is 4.19. The van der Waals surface area contributed by atoms with Crippen molar-refractivity contribution in [3.8, 4) is 0 Å². The number of aliphatic carboxylic acids is 1. The van der Waals surface area contributed by atoms with Crippen LogP contribution >= 0.6 is 12.4 Å². The van der Waals surface area contributed by atoms with E-state index in [0.29, 0.717) is 13.1 Å². The molecule has 1 saturated heterocycles. The molecule has 6 heteroatoms. The van der Waals surface area contributed by atoms with Gasteiger partial charge in [0.05, 0.1) is 0 Å². The Balaban J connectivity index is 0.00000169. The summed E-state index contributed by atoms with van der Waals surface area (Å²) in [5.74, 6) is -1.37. The zero-order valence-corrected chi connectivity index (χ0v) is 8.69. The quantitative estimate of drug-likeness (QED) is 0.780. The minimum absolute atomic E-state index is 0. The molecule has 1 aliphatic rings. The van der Waals surface area contributed by atoms with E-state index in [9.17, 15) is 13.6 Å². The lowest BCUT2D eigenvalue weighted by Gasteiger charge is -2.36. The molecule has 14 heavy (non-hydrogen) atoms. The first-order valence-corrected chi connectivity index (χ1v) is 4.19. The summed E-state index contributed by atoms with van der Waals surface area (Å²) in [5.41, 5.74) is -1.80. The van der Waals surface area contributed by atoms with Crippen molar-refractivity contribution >= 4 is 18.4 Å². The summed E-state index contributed by atoms with van der Waals surface area (Å²) in [6.07, 6.45) is -2.69. The molecule has 0 bridgehead atoms. The molecule has 0 aromatic rings. The van der Waals surface area contributed by atoms with Crippen LogP contribution in [0, 0.1) is 5.41 Å². The Morgan fingerprint density at radius 2 is 1.86 bits per heavy atom. The highest BCUT2D eigenvalue weighted by Gasteiger charge is 2.48. The molecule has 0 unspecified atom stereocenters. The number of nitrogens with zero attached hydrogens (tertiary/aromatic N) is 1. The van der Waals surface area contributed by atoms with Crippen molar-refractivity contribution in [1.29, 1.82) is 0 Å². The molecule has 1 aliphatic heterocycles. The van der Waals surface area contributed by atoms with Gasteiger partial charge in [-0.3, -0.25) is 4.79 Å². The lowest BCUT2D eigenvalue weighted by atomic mass is 9.79.